The molecule has 1 aromatic rings. The maximum atomic E-state index is 12.1. The molecule has 1 atom stereocenters. The van der Waals surface area contributed by atoms with E-state index < -0.39 is 18.7 Å². The van der Waals surface area contributed by atoms with Crippen molar-refractivity contribution in [3.05, 3.63) is 23.2 Å². The molecule has 5 nitrogen and oxygen atoms in total. The second-order valence-electron chi connectivity index (χ2n) is 4.51. The number of urea groups is 1. The highest BCUT2D eigenvalue weighted by atomic mass is 35.5. The number of carbonyl (C=O) groups is 1. The van der Waals surface area contributed by atoms with E-state index in [1.807, 2.05) is 0 Å². The van der Waals surface area contributed by atoms with E-state index in [1.165, 1.54) is 23.1 Å². The molecule has 0 aliphatic heterocycles. The molecule has 0 saturated heterocycles. The number of hydrogen-bond donors (Lipinski definition) is 2. The summed E-state index contributed by atoms with van der Waals surface area (Å²) in [6, 6.07) is 3.58. The van der Waals surface area contributed by atoms with Gasteiger partial charge in [-0.25, -0.2) is 4.79 Å². The molecular weight excluding hydrogens is 306 g/mol. The van der Waals surface area contributed by atoms with Crippen LogP contribution in [-0.4, -0.2) is 42.3 Å². The lowest BCUT2D eigenvalue weighted by Gasteiger charge is -2.19. The first-order valence-corrected chi connectivity index (χ1v) is 6.62. The number of anilines is 1. The third kappa shape index (κ3) is 6.14. The average Bonchev–Trinajstić information content (AvgIpc) is 2.38. The maximum absolute atomic E-state index is 12.1. The molecule has 0 saturated carbocycles. The second-order valence-corrected chi connectivity index (χ2v) is 4.92. The van der Waals surface area contributed by atoms with E-state index in [9.17, 15) is 13.6 Å². The van der Waals surface area contributed by atoms with Gasteiger partial charge in [0.05, 0.1) is 11.1 Å². The van der Waals surface area contributed by atoms with Crippen LogP contribution in [0.2, 0.25) is 5.02 Å². The molecule has 0 aromatic heterocycles. The van der Waals surface area contributed by atoms with Crippen molar-refractivity contribution in [1.82, 2.24) is 4.90 Å². The lowest BCUT2D eigenvalue weighted by Crippen LogP contribution is -2.33. The van der Waals surface area contributed by atoms with Crippen molar-refractivity contribution in [1.29, 1.82) is 0 Å². The normalized spacial score (nSPS) is 12.1. The summed E-state index contributed by atoms with van der Waals surface area (Å²) in [5, 5.41) is 11.7. The summed E-state index contributed by atoms with van der Waals surface area (Å²) in [7, 11) is 1.58. The first-order valence-electron chi connectivity index (χ1n) is 6.24. The molecule has 1 unspecified atom stereocenters. The van der Waals surface area contributed by atoms with E-state index in [4.69, 9.17) is 16.7 Å². The van der Waals surface area contributed by atoms with E-state index in [0.717, 1.165) is 0 Å². The lowest BCUT2D eigenvalue weighted by atomic mass is 10.3. The Balaban J connectivity index is 2.62. The van der Waals surface area contributed by atoms with E-state index in [-0.39, 0.29) is 10.8 Å². The summed E-state index contributed by atoms with van der Waals surface area (Å²) in [5.74, 6) is -0.160. The molecule has 8 heteroatoms. The molecular formula is C13H17ClF2N2O3. The zero-order valence-corrected chi connectivity index (χ0v) is 12.4. The van der Waals surface area contributed by atoms with Crippen LogP contribution < -0.4 is 10.1 Å². The third-order valence-electron chi connectivity index (χ3n) is 2.63. The van der Waals surface area contributed by atoms with Gasteiger partial charge in [-0.3, -0.25) is 0 Å². The quantitative estimate of drug-likeness (QED) is 0.845. The number of carbonyl (C=O) groups excluding carboxylic acids is 1. The Bertz CT molecular complexity index is 486. The van der Waals surface area contributed by atoms with Crippen LogP contribution in [0.5, 0.6) is 5.75 Å². The zero-order chi connectivity index (χ0) is 16.0. The van der Waals surface area contributed by atoms with Crippen LogP contribution >= 0.6 is 11.6 Å². The SMILES string of the molecule is CC(O)CCN(C)C(=O)Nc1ccc(OC(F)F)c(Cl)c1. The zero-order valence-electron chi connectivity index (χ0n) is 11.6. The summed E-state index contributed by atoms with van der Waals surface area (Å²) < 4.78 is 28.4. The van der Waals surface area contributed by atoms with Crippen LogP contribution in [0.3, 0.4) is 0 Å². The summed E-state index contributed by atoms with van der Waals surface area (Å²) in [6.45, 7) is -0.952. The number of alkyl halides is 2. The molecule has 1 aromatic carbocycles. The van der Waals surface area contributed by atoms with Crippen molar-refractivity contribution in [3.8, 4) is 5.75 Å². The van der Waals surface area contributed by atoms with Gasteiger partial charge in [-0.15, -0.1) is 0 Å². The highest BCUT2D eigenvalue weighted by Gasteiger charge is 2.12. The smallest absolute Gasteiger partial charge is 0.387 e. The number of hydrogen-bond acceptors (Lipinski definition) is 3. The third-order valence-corrected chi connectivity index (χ3v) is 2.92. The minimum Gasteiger partial charge on any atom is -0.433 e. The topological polar surface area (TPSA) is 61.8 Å². The van der Waals surface area contributed by atoms with Crippen LogP contribution in [0, 0.1) is 0 Å². The van der Waals surface area contributed by atoms with Crippen molar-refractivity contribution in [3.63, 3.8) is 0 Å². The van der Waals surface area contributed by atoms with E-state index in [1.54, 1.807) is 14.0 Å². The molecule has 118 valence electrons. The number of aliphatic hydroxyl groups excluding tert-OH is 1. The number of ether oxygens (including phenoxy) is 1. The highest BCUT2D eigenvalue weighted by molar-refractivity contribution is 6.32. The van der Waals surface area contributed by atoms with Gasteiger partial charge in [0.15, 0.2) is 0 Å². The minimum atomic E-state index is -2.96. The van der Waals surface area contributed by atoms with Crippen molar-refractivity contribution in [2.75, 3.05) is 18.9 Å². The maximum Gasteiger partial charge on any atom is 0.387 e. The van der Waals surface area contributed by atoms with Gasteiger partial charge in [0.2, 0.25) is 0 Å². The van der Waals surface area contributed by atoms with Crippen LogP contribution in [0.4, 0.5) is 19.3 Å². The highest BCUT2D eigenvalue weighted by Crippen LogP contribution is 2.29. The Morgan fingerprint density at radius 3 is 2.71 bits per heavy atom. The van der Waals surface area contributed by atoms with Crippen molar-refractivity contribution in [2.45, 2.75) is 26.1 Å². The van der Waals surface area contributed by atoms with E-state index in [2.05, 4.69) is 10.1 Å². The van der Waals surface area contributed by atoms with Gasteiger partial charge in [-0.1, -0.05) is 11.6 Å². The second kappa shape index (κ2) is 7.99. The monoisotopic (exact) mass is 322 g/mol. The van der Waals surface area contributed by atoms with Gasteiger partial charge in [0.1, 0.15) is 5.75 Å². The molecule has 0 aliphatic rings. The fraction of sp³-hybridized carbons (Fsp3) is 0.462. The number of benzene rings is 1. The van der Waals surface area contributed by atoms with Crippen molar-refractivity contribution in [2.24, 2.45) is 0 Å². The number of amides is 2. The molecule has 0 fully saturated rings. The largest absolute Gasteiger partial charge is 0.433 e. The first-order chi connectivity index (χ1) is 9.79. The van der Waals surface area contributed by atoms with Gasteiger partial charge in [-0.05, 0) is 31.5 Å². The lowest BCUT2D eigenvalue weighted by molar-refractivity contribution is -0.0497. The predicted molar refractivity (Wildman–Crippen MR) is 76.0 cm³/mol. The molecule has 0 heterocycles. The Morgan fingerprint density at radius 1 is 1.52 bits per heavy atom. The van der Waals surface area contributed by atoms with E-state index in [0.29, 0.717) is 18.7 Å². The van der Waals surface area contributed by atoms with Gasteiger partial charge in [0.25, 0.3) is 0 Å². The number of halogens is 3. The molecule has 2 amide bonds. The molecule has 21 heavy (non-hydrogen) atoms. The summed E-state index contributed by atoms with van der Waals surface area (Å²) >= 11 is 5.78. The minimum absolute atomic E-state index is 0.0280. The average molecular weight is 323 g/mol. The van der Waals surface area contributed by atoms with E-state index >= 15 is 0 Å². The Hall–Kier alpha value is -1.60. The van der Waals surface area contributed by atoms with Gasteiger partial charge in [0, 0.05) is 19.3 Å². The molecule has 0 aliphatic carbocycles. The standard InChI is InChI=1S/C13H17ClF2N2O3/c1-8(19)5-6-18(2)13(20)17-9-3-4-11(10(14)7-9)21-12(15)16/h3-4,7-8,12,19H,5-6H2,1-2H3,(H,17,20). The molecule has 0 radical (unpaired) electrons. The number of nitrogens with zero attached hydrogens (tertiary/aromatic N) is 1. The van der Waals surface area contributed by atoms with Gasteiger partial charge >= 0.3 is 12.6 Å². The summed E-state index contributed by atoms with van der Waals surface area (Å²) in [5.41, 5.74) is 0.357. The Morgan fingerprint density at radius 2 is 2.19 bits per heavy atom. The van der Waals surface area contributed by atoms with Crippen LogP contribution in [0.15, 0.2) is 18.2 Å². The Labute approximate surface area is 126 Å². The van der Waals surface area contributed by atoms with Crippen LogP contribution in [0.1, 0.15) is 13.3 Å². The van der Waals surface area contributed by atoms with Crippen LogP contribution in [-0.2, 0) is 0 Å². The number of rotatable bonds is 6. The number of nitrogens with one attached hydrogen (secondary N) is 1. The summed E-state index contributed by atoms with van der Waals surface area (Å²) in [6.07, 6.45) is -0.0493. The fourth-order valence-electron chi connectivity index (χ4n) is 1.47. The molecule has 0 bridgehead atoms. The first kappa shape index (κ1) is 17.5. The fourth-order valence-corrected chi connectivity index (χ4v) is 1.70. The van der Waals surface area contributed by atoms with Gasteiger partial charge in [-0.2, -0.15) is 8.78 Å². The van der Waals surface area contributed by atoms with Crippen molar-refractivity contribution >= 4 is 23.3 Å². The molecule has 0 spiro atoms. The summed E-state index contributed by atoms with van der Waals surface area (Å²) in [4.78, 5) is 13.2. The molecule has 1 rings (SSSR count). The predicted octanol–water partition coefficient (Wildman–Crippen LogP) is 3.18. The number of aliphatic hydroxyl groups is 1. The Kier molecular flexibility index (Phi) is 6.64. The van der Waals surface area contributed by atoms with Crippen molar-refractivity contribution < 1.29 is 23.4 Å². The van der Waals surface area contributed by atoms with Crippen LogP contribution in [0.25, 0.3) is 0 Å². The molecule has 2 N–H and O–H groups in total. The van der Waals surface area contributed by atoms with Gasteiger partial charge < -0.3 is 20.1 Å².